The summed E-state index contributed by atoms with van der Waals surface area (Å²) >= 11 is 0. The molecule has 0 amide bonds. The fraction of sp³-hybridized carbons (Fsp3) is 0.300. The van der Waals surface area contributed by atoms with Crippen LogP contribution in [0, 0.1) is 25.2 Å². The maximum absolute atomic E-state index is 13.0. The highest BCUT2D eigenvalue weighted by molar-refractivity contribution is 7.89. The van der Waals surface area contributed by atoms with Gasteiger partial charge in [0, 0.05) is 37.9 Å². The van der Waals surface area contributed by atoms with Crippen LogP contribution in [0.5, 0.6) is 0 Å². The second kappa shape index (κ2) is 7.85. The molecule has 1 aromatic carbocycles. The third kappa shape index (κ3) is 3.53. The van der Waals surface area contributed by atoms with Crippen molar-refractivity contribution < 1.29 is 8.42 Å². The van der Waals surface area contributed by atoms with E-state index in [1.165, 1.54) is 22.8 Å². The number of nitriles is 1. The molecule has 9 nitrogen and oxygen atoms in total. The number of imidazole rings is 1. The van der Waals surface area contributed by atoms with E-state index < -0.39 is 10.0 Å². The predicted octanol–water partition coefficient (Wildman–Crippen LogP) is 1.66. The standard InChI is InChI=1S/C20H21N7O2S/c1-15-16(2)27(14-24-15)20-11-19(22-13-23-20)25-7-9-26(10-8-25)30(28,29)18-6-4-3-5-17(18)12-21/h3-6,11,13-14H,7-10H2,1-2H3. The van der Waals surface area contributed by atoms with Crippen LogP contribution < -0.4 is 4.90 Å². The van der Waals surface area contributed by atoms with E-state index in [0.717, 1.165) is 23.0 Å². The number of sulfonamides is 1. The Bertz CT molecular complexity index is 1220. The molecule has 0 aliphatic carbocycles. The van der Waals surface area contributed by atoms with Crippen LogP contribution in [-0.2, 0) is 10.0 Å². The van der Waals surface area contributed by atoms with E-state index in [1.54, 1.807) is 18.5 Å². The molecule has 1 fully saturated rings. The minimum absolute atomic E-state index is 0.0521. The summed E-state index contributed by atoms with van der Waals surface area (Å²) in [6.45, 7) is 5.53. The summed E-state index contributed by atoms with van der Waals surface area (Å²) in [7, 11) is -3.73. The molecule has 3 aromatic rings. The van der Waals surface area contributed by atoms with Gasteiger partial charge < -0.3 is 4.90 Å². The summed E-state index contributed by atoms with van der Waals surface area (Å²) in [5.74, 6) is 1.45. The molecular weight excluding hydrogens is 402 g/mol. The molecule has 0 N–H and O–H groups in total. The molecule has 10 heteroatoms. The molecule has 0 bridgehead atoms. The van der Waals surface area contributed by atoms with Crippen molar-refractivity contribution in [1.29, 1.82) is 5.26 Å². The van der Waals surface area contributed by atoms with Crippen molar-refractivity contribution in [3.05, 3.63) is 59.9 Å². The lowest BCUT2D eigenvalue weighted by Crippen LogP contribution is -2.49. The van der Waals surface area contributed by atoms with Gasteiger partial charge >= 0.3 is 0 Å². The summed E-state index contributed by atoms with van der Waals surface area (Å²) < 4.78 is 29.3. The van der Waals surface area contributed by atoms with E-state index in [4.69, 9.17) is 0 Å². The summed E-state index contributed by atoms with van der Waals surface area (Å²) in [6, 6.07) is 10.1. The summed E-state index contributed by atoms with van der Waals surface area (Å²) in [5.41, 5.74) is 2.10. The van der Waals surface area contributed by atoms with Gasteiger partial charge in [-0.15, -0.1) is 0 Å². The lowest BCUT2D eigenvalue weighted by atomic mass is 10.2. The molecule has 1 aliphatic rings. The minimum atomic E-state index is -3.73. The first-order chi connectivity index (χ1) is 14.4. The first-order valence-electron chi connectivity index (χ1n) is 9.49. The number of hydrogen-bond acceptors (Lipinski definition) is 7. The average Bonchev–Trinajstić information content (AvgIpc) is 3.12. The van der Waals surface area contributed by atoms with Gasteiger partial charge in [0.2, 0.25) is 10.0 Å². The van der Waals surface area contributed by atoms with E-state index in [0.29, 0.717) is 26.2 Å². The quantitative estimate of drug-likeness (QED) is 0.628. The zero-order valence-electron chi connectivity index (χ0n) is 16.7. The Labute approximate surface area is 175 Å². The smallest absolute Gasteiger partial charge is 0.244 e. The zero-order chi connectivity index (χ0) is 21.3. The number of rotatable bonds is 4. The van der Waals surface area contributed by atoms with Crippen LogP contribution in [-0.4, -0.2) is 58.4 Å². The van der Waals surface area contributed by atoms with Crippen LogP contribution in [0.2, 0.25) is 0 Å². The van der Waals surface area contributed by atoms with Crippen molar-refractivity contribution in [2.75, 3.05) is 31.1 Å². The van der Waals surface area contributed by atoms with Gasteiger partial charge in [0.1, 0.15) is 30.4 Å². The Balaban J connectivity index is 1.52. The van der Waals surface area contributed by atoms with Gasteiger partial charge in [0.15, 0.2) is 0 Å². The largest absolute Gasteiger partial charge is 0.354 e. The van der Waals surface area contributed by atoms with E-state index in [2.05, 4.69) is 15.0 Å². The topological polar surface area (TPSA) is 108 Å². The molecule has 2 aromatic heterocycles. The molecule has 3 heterocycles. The number of piperazine rings is 1. The van der Waals surface area contributed by atoms with Crippen molar-refractivity contribution in [1.82, 2.24) is 23.8 Å². The molecule has 0 unspecified atom stereocenters. The monoisotopic (exact) mass is 423 g/mol. The minimum Gasteiger partial charge on any atom is -0.354 e. The number of benzene rings is 1. The Hall–Kier alpha value is -3.29. The van der Waals surface area contributed by atoms with Gasteiger partial charge in [-0.1, -0.05) is 12.1 Å². The van der Waals surface area contributed by atoms with Crippen LogP contribution in [0.15, 0.2) is 47.9 Å². The van der Waals surface area contributed by atoms with Gasteiger partial charge in [-0.05, 0) is 26.0 Å². The fourth-order valence-corrected chi connectivity index (χ4v) is 5.02. The van der Waals surface area contributed by atoms with Gasteiger partial charge in [0.25, 0.3) is 0 Å². The van der Waals surface area contributed by atoms with Crippen molar-refractivity contribution in [3.63, 3.8) is 0 Å². The number of hydrogen-bond donors (Lipinski definition) is 0. The Morgan fingerprint density at radius 1 is 1.00 bits per heavy atom. The van der Waals surface area contributed by atoms with Gasteiger partial charge in [0.05, 0.1) is 16.2 Å². The Morgan fingerprint density at radius 3 is 2.37 bits per heavy atom. The first kappa shape index (κ1) is 20.0. The zero-order valence-corrected chi connectivity index (χ0v) is 17.5. The number of aromatic nitrogens is 4. The lowest BCUT2D eigenvalue weighted by molar-refractivity contribution is 0.383. The predicted molar refractivity (Wildman–Crippen MR) is 111 cm³/mol. The molecule has 0 radical (unpaired) electrons. The molecule has 0 atom stereocenters. The molecule has 0 saturated carbocycles. The van der Waals surface area contributed by atoms with E-state index in [-0.39, 0.29) is 10.5 Å². The van der Waals surface area contributed by atoms with Crippen molar-refractivity contribution in [3.8, 4) is 11.9 Å². The second-order valence-electron chi connectivity index (χ2n) is 7.02. The van der Waals surface area contributed by atoms with Crippen LogP contribution in [0.1, 0.15) is 17.0 Å². The second-order valence-corrected chi connectivity index (χ2v) is 8.93. The summed E-state index contributed by atoms with van der Waals surface area (Å²) in [5, 5.41) is 9.25. The van der Waals surface area contributed by atoms with Crippen LogP contribution in [0.25, 0.3) is 5.82 Å². The third-order valence-corrected chi connectivity index (χ3v) is 7.28. The van der Waals surface area contributed by atoms with Gasteiger partial charge in [-0.3, -0.25) is 4.57 Å². The summed E-state index contributed by atoms with van der Waals surface area (Å²) in [4.78, 5) is 15.1. The SMILES string of the molecule is Cc1ncn(-c2cc(N3CCN(S(=O)(=O)c4ccccc4C#N)CC3)ncn2)c1C. The summed E-state index contributed by atoms with van der Waals surface area (Å²) in [6.07, 6.45) is 3.24. The van der Waals surface area contributed by atoms with Crippen LogP contribution >= 0.6 is 0 Å². The van der Waals surface area contributed by atoms with Crippen molar-refractivity contribution >= 4 is 15.8 Å². The van der Waals surface area contributed by atoms with E-state index >= 15 is 0 Å². The number of aryl methyl sites for hydroxylation is 1. The average molecular weight is 424 g/mol. The van der Waals surface area contributed by atoms with Crippen molar-refractivity contribution in [2.24, 2.45) is 0 Å². The Kier molecular flexibility index (Phi) is 5.24. The van der Waals surface area contributed by atoms with Crippen LogP contribution in [0.3, 0.4) is 0 Å². The van der Waals surface area contributed by atoms with Crippen molar-refractivity contribution in [2.45, 2.75) is 18.7 Å². The molecule has 154 valence electrons. The lowest BCUT2D eigenvalue weighted by Gasteiger charge is -2.34. The number of nitrogens with zero attached hydrogens (tertiary/aromatic N) is 7. The third-order valence-electron chi connectivity index (χ3n) is 5.32. The molecule has 1 aliphatic heterocycles. The number of anilines is 1. The molecule has 0 spiro atoms. The highest BCUT2D eigenvalue weighted by Gasteiger charge is 2.30. The molecular formula is C20H21N7O2S. The van der Waals surface area contributed by atoms with Crippen LogP contribution in [0.4, 0.5) is 5.82 Å². The normalized spacial score (nSPS) is 15.2. The Morgan fingerprint density at radius 2 is 1.70 bits per heavy atom. The highest BCUT2D eigenvalue weighted by Crippen LogP contribution is 2.23. The van der Waals surface area contributed by atoms with Gasteiger partial charge in [-0.2, -0.15) is 9.57 Å². The maximum atomic E-state index is 13.0. The fourth-order valence-electron chi connectivity index (χ4n) is 3.45. The molecule has 4 rings (SSSR count). The first-order valence-corrected chi connectivity index (χ1v) is 10.9. The molecule has 1 saturated heterocycles. The van der Waals surface area contributed by atoms with E-state index in [9.17, 15) is 13.7 Å². The maximum Gasteiger partial charge on any atom is 0.244 e. The highest BCUT2D eigenvalue weighted by atomic mass is 32.2. The van der Waals surface area contributed by atoms with Gasteiger partial charge in [-0.25, -0.2) is 23.4 Å². The van der Waals surface area contributed by atoms with E-state index in [1.807, 2.05) is 35.5 Å². The molecule has 30 heavy (non-hydrogen) atoms.